The number of carbonyl (C=O) groups excluding carboxylic acids is 1. The van der Waals surface area contributed by atoms with E-state index in [1.165, 1.54) is 4.90 Å². The lowest BCUT2D eigenvalue weighted by atomic mass is 10.2. The van der Waals surface area contributed by atoms with E-state index in [4.69, 9.17) is 14.9 Å². The number of ether oxygens (including phenoxy) is 1. The zero-order valence-electron chi connectivity index (χ0n) is 9.05. The molecule has 0 spiro atoms. The highest BCUT2D eigenvalue weighted by atomic mass is 16.5. The normalized spacial score (nSPS) is 22.6. The molecular weight excluding hydrogens is 216 g/mol. The van der Waals surface area contributed by atoms with Gasteiger partial charge in [-0.15, -0.1) is 0 Å². The molecule has 0 saturated carbocycles. The zero-order chi connectivity index (χ0) is 12.1. The minimum absolute atomic E-state index is 0.0955. The van der Waals surface area contributed by atoms with E-state index in [-0.39, 0.29) is 6.04 Å². The highest BCUT2D eigenvalue weighted by Crippen LogP contribution is 2.06. The number of aliphatic hydroxyl groups is 1. The van der Waals surface area contributed by atoms with Gasteiger partial charge < -0.3 is 25.2 Å². The molecule has 0 radical (unpaired) electrons. The van der Waals surface area contributed by atoms with E-state index in [0.29, 0.717) is 19.8 Å². The molecule has 2 atom stereocenters. The Labute approximate surface area is 93.0 Å². The van der Waals surface area contributed by atoms with Gasteiger partial charge >= 0.3 is 12.0 Å². The van der Waals surface area contributed by atoms with Gasteiger partial charge in [0.15, 0.2) is 6.04 Å². The van der Waals surface area contributed by atoms with Crippen LogP contribution in [0.4, 0.5) is 4.79 Å². The number of nitrogens with one attached hydrogen (secondary N) is 1. The quantitative estimate of drug-likeness (QED) is 0.571. The molecule has 1 fully saturated rings. The van der Waals surface area contributed by atoms with Crippen LogP contribution in [0.5, 0.6) is 0 Å². The van der Waals surface area contributed by atoms with Crippen molar-refractivity contribution in [1.29, 1.82) is 0 Å². The van der Waals surface area contributed by atoms with Gasteiger partial charge in [0.2, 0.25) is 0 Å². The van der Waals surface area contributed by atoms with Crippen LogP contribution < -0.4 is 5.32 Å². The molecule has 1 unspecified atom stereocenters. The monoisotopic (exact) mass is 232 g/mol. The van der Waals surface area contributed by atoms with Crippen molar-refractivity contribution in [2.24, 2.45) is 0 Å². The second kappa shape index (κ2) is 5.66. The summed E-state index contributed by atoms with van der Waals surface area (Å²) in [6.45, 7) is 2.48. The first kappa shape index (κ1) is 12.7. The van der Waals surface area contributed by atoms with E-state index in [2.05, 4.69) is 5.32 Å². The summed E-state index contributed by atoms with van der Waals surface area (Å²) >= 11 is 0. The number of urea groups is 1. The Morgan fingerprint density at radius 3 is 2.81 bits per heavy atom. The maximum atomic E-state index is 11.7. The number of rotatable bonds is 3. The minimum Gasteiger partial charge on any atom is -0.480 e. The van der Waals surface area contributed by atoms with Crippen molar-refractivity contribution >= 4 is 12.0 Å². The first-order chi connectivity index (χ1) is 7.56. The highest BCUT2D eigenvalue weighted by molar-refractivity contribution is 5.82. The van der Waals surface area contributed by atoms with Crippen LogP contribution >= 0.6 is 0 Å². The summed E-state index contributed by atoms with van der Waals surface area (Å²) in [5.74, 6) is -1.25. The van der Waals surface area contributed by atoms with Crippen LogP contribution in [0.2, 0.25) is 0 Å². The van der Waals surface area contributed by atoms with Gasteiger partial charge in [-0.25, -0.2) is 9.59 Å². The van der Waals surface area contributed by atoms with Crippen LogP contribution in [0.1, 0.15) is 6.92 Å². The summed E-state index contributed by atoms with van der Waals surface area (Å²) in [5, 5.41) is 19.7. The smallest absolute Gasteiger partial charge is 0.328 e. The van der Waals surface area contributed by atoms with E-state index in [9.17, 15) is 9.59 Å². The van der Waals surface area contributed by atoms with Crippen LogP contribution in [-0.2, 0) is 9.53 Å². The molecule has 1 rings (SSSR count). The summed E-state index contributed by atoms with van der Waals surface area (Å²) in [6.07, 6.45) is 0. The van der Waals surface area contributed by atoms with Crippen molar-refractivity contribution in [3.8, 4) is 0 Å². The maximum absolute atomic E-state index is 11.7. The molecule has 1 aliphatic rings. The van der Waals surface area contributed by atoms with Crippen molar-refractivity contribution < 1.29 is 24.5 Å². The molecule has 7 heteroatoms. The van der Waals surface area contributed by atoms with Gasteiger partial charge in [-0.1, -0.05) is 0 Å². The number of carbonyl (C=O) groups is 2. The van der Waals surface area contributed by atoms with Crippen molar-refractivity contribution in [3.05, 3.63) is 0 Å². The Kier molecular flexibility index (Phi) is 4.51. The lowest BCUT2D eigenvalue weighted by Gasteiger charge is -2.33. The van der Waals surface area contributed by atoms with Gasteiger partial charge in [-0.05, 0) is 6.92 Å². The first-order valence-corrected chi connectivity index (χ1v) is 5.04. The Bertz CT molecular complexity index is 271. The lowest BCUT2D eigenvalue weighted by Crippen LogP contribution is -2.55. The minimum atomic E-state index is -1.26. The second-order valence-electron chi connectivity index (χ2n) is 3.64. The summed E-state index contributed by atoms with van der Waals surface area (Å²) in [4.78, 5) is 23.8. The van der Waals surface area contributed by atoms with Gasteiger partial charge in [-0.2, -0.15) is 0 Å². The van der Waals surface area contributed by atoms with E-state index in [1.807, 2.05) is 6.92 Å². The molecule has 92 valence electrons. The molecule has 1 saturated heterocycles. The zero-order valence-corrected chi connectivity index (χ0v) is 9.05. The summed E-state index contributed by atoms with van der Waals surface area (Å²) < 4.78 is 5.15. The molecule has 2 amide bonds. The Balaban J connectivity index is 2.52. The molecule has 0 aromatic rings. The van der Waals surface area contributed by atoms with Crippen molar-refractivity contribution in [2.75, 3.05) is 26.4 Å². The molecular formula is C9H16N2O5. The van der Waals surface area contributed by atoms with Crippen LogP contribution in [0, 0.1) is 0 Å². The number of aliphatic carboxylic acids is 1. The van der Waals surface area contributed by atoms with E-state index in [1.54, 1.807) is 0 Å². The summed E-state index contributed by atoms with van der Waals surface area (Å²) in [6, 6.07) is -1.85. The number of amides is 2. The number of carboxylic acid groups (broad SMARTS) is 1. The molecule has 0 bridgehead atoms. The van der Waals surface area contributed by atoms with Crippen molar-refractivity contribution in [1.82, 2.24) is 10.2 Å². The number of aliphatic hydroxyl groups excluding tert-OH is 1. The molecule has 0 aromatic carbocycles. The van der Waals surface area contributed by atoms with Gasteiger partial charge in [0.25, 0.3) is 0 Å². The van der Waals surface area contributed by atoms with Gasteiger partial charge in [0.1, 0.15) is 0 Å². The highest BCUT2D eigenvalue weighted by Gasteiger charge is 2.27. The summed E-state index contributed by atoms with van der Waals surface area (Å²) in [5.41, 5.74) is 0. The topological polar surface area (TPSA) is 99.1 Å². The number of morpholine rings is 1. The average molecular weight is 232 g/mol. The van der Waals surface area contributed by atoms with Crippen LogP contribution in [0.3, 0.4) is 0 Å². The average Bonchev–Trinajstić information content (AvgIpc) is 2.25. The number of carboxylic acids is 1. The molecule has 16 heavy (non-hydrogen) atoms. The van der Waals surface area contributed by atoms with Crippen molar-refractivity contribution in [2.45, 2.75) is 19.0 Å². The second-order valence-corrected chi connectivity index (χ2v) is 3.64. The number of hydrogen-bond donors (Lipinski definition) is 3. The molecule has 1 aliphatic heterocycles. The fourth-order valence-corrected chi connectivity index (χ4v) is 1.45. The SMILES string of the molecule is CC1COCCN1C(=O)N[C@@H](CO)C(=O)O. The van der Waals surface area contributed by atoms with Gasteiger partial charge in [0.05, 0.1) is 25.9 Å². The molecule has 0 aliphatic carbocycles. The fraction of sp³-hybridized carbons (Fsp3) is 0.778. The molecule has 1 heterocycles. The van der Waals surface area contributed by atoms with Crippen molar-refractivity contribution in [3.63, 3.8) is 0 Å². The Morgan fingerprint density at radius 1 is 1.62 bits per heavy atom. The Hall–Kier alpha value is -1.34. The van der Waals surface area contributed by atoms with Gasteiger partial charge in [-0.3, -0.25) is 0 Å². The molecule has 3 N–H and O–H groups in total. The van der Waals surface area contributed by atoms with Gasteiger partial charge in [0, 0.05) is 6.54 Å². The van der Waals surface area contributed by atoms with E-state index in [0.717, 1.165) is 0 Å². The van der Waals surface area contributed by atoms with E-state index >= 15 is 0 Å². The number of nitrogens with zero attached hydrogens (tertiary/aromatic N) is 1. The van der Waals surface area contributed by atoms with Crippen LogP contribution in [0.15, 0.2) is 0 Å². The van der Waals surface area contributed by atoms with Crippen LogP contribution in [0.25, 0.3) is 0 Å². The predicted octanol–water partition coefficient (Wildman–Crippen LogP) is -1.14. The van der Waals surface area contributed by atoms with E-state index < -0.39 is 24.6 Å². The first-order valence-electron chi connectivity index (χ1n) is 5.04. The third kappa shape index (κ3) is 3.07. The standard InChI is InChI=1S/C9H16N2O5/c1-6-5-16-3-2-11(6)9(15)10-7(4-12)8(13)14/h6-7,12H,2-5H2,1H3,(H,10,15)(H,13,14)/t6?,7-/m0/s1. The van der Waals surface area contributed by atoms with Crippen LogP contribution in [-0.4, -0.2) is 65.6 Å². The fourth-order valence-electron chi connectivity index (χ4n) is 1.45. The maximum Gasteiger partial charge on any atom is 0.328 e. The predicted molar refractivity (Wildman–Crippen MR) is 54.0 cm³/mol. The number of hydrogen-bond acceptors (Lipinski definition) is 4. The summed E-state index contributed by atoms with van der Waals surface area (Å²) in [7, 11) is 0. The largest absolute Gasteiger partial charge is 0.480 e. The third-order valence-electron chi connectivity index (χ3n) is 2.41. The lowest BCUT2D eigenvalue weighted by molar-refractivity contribution is -0.140. The molecule has 7 nitrogen and oxygen atoms in total. The Morgan fingerprint density at radius 2 is 2.31 bits per heavy atom. The third-order valence-corrected chi connectivity index (χ3v) is 2.41. The molecule has 0 aromatic heterocycles.